The maximum atomic E-state index is 8.98. The van der Waals surface area contributed by atoms with E-state index in [0.29, 0.717) is 5.82 Å². The second kappa shape index (κ2) is 5.03. The molecule has 0 saturated heterocycles. The predicted molar refractivity (Wildman–Crippen MR) is 66.2 cm³/mol. The standard InChI is InChI=1S/C13H15N3O/c1-9-2-4-10(5-3-9)12-6-7-15-13(16-12)11(14)8-17/h2-7,11,17H,8,14H2,1H3. The highest BCUT2D eigenvalue weighted by atomic mass is 16.3. The summed E-state index contributed by atoms with van der Waals surface area (Å²) < 4.78 is 0. The Bertz CT molecular complexity index is 496. The zero-order valence-electron chi connectivity index (χ0n) is 9.67. The van der Waals surface area contributed by atoms with Crippen LogP contribution in [0.2, 0.25) is 0 Å². The van der Waals surface area contributed by atoms with Gasteiger partial charge in [-0.25, -0.2) is 9.97 Å². The number of benzene rings is 1. The van der Waals surface area contributed by atoms with E-state index in [9.17, 15) is 0 Å². The van der Waals surface area contributed by atoms with E-state index in [1.807, 2.05) is 37.3 Å². The van der Waals surface area contributed by atoms with Crippen LogP contribution in [0, 0.1) is 6.92 Å². The Hall–Kier alpha value is -1.78. The number of hydrogen-bond acceptors (Lipinski definition) is 4. The molecule has 2 rings (SSSR count). The van der Waals surface area contributed by atoms with Crippen molar-refractivity contribution in [3.05, 3.63) is 47.9 Å². The number of aliphatic hydroxyl groups excluding tert-OH is 1. The molecule has 4 heteroatoms. The summed E-state index contributed by atoms with van der Waals surface area (Å²) in [5.74, 6) is 0.463. The summed E-state index contributed by atoms with van der Waals surface area (Å²) in [7, 11) is 0. The van der Waals surface area contributed by atoms with Crippen LogP contribution >= 0.6 is 0 Å². The van der Waals surface area contributed by atoms with Gasteiger partial charge in [0.1, 0.15) is 5.82 Å². The highest BCUT2D eigenvalue weighted by Crippen LogP contribution is 2.18. The van der Waals surface area contributed by atoms with Crippen LogP contribution in [0.5, 0.6) is 0 Å². The molecule has 0 spiro atoms. The molecule has 0 bridgehead atoms. The van der Waals surface area contributed by atoms with Crippen molar-refractivity contribution in [3.8, 4) is 11.3 Å². The van der Waals surface area contributed by atoms with Crippen molar-refractivity contribution in [1.29, 1.82) is 0 Å². The summed E-state index contributed by atoms with van der Waals surface area (Å²) in [5, 5.41) is 8.98. The number of hydrogen-bond donors (Lipinski definition) is 2. The molecule has 3 N–H and O–H groups in total. The average molecular weight is 229 g/mol. The first-order valence-corrected chi connectivity index (χ1v) is 5.47. The summed E-state index contributed by atoms with van der Waals surface area (Å²) >= 11 is 0. The fraction of sp³-hybridized carbons (Fsp3) is 0.231. The lowest BCUT2D eigenvalue weighted by atomic mass is 10.1. The normalized spacial score (nSPS) is 12.4. The molecule has 17 heavy (non-hydrogen) atoms. The summed E-state index contributed by atoms with van der Waals surface area (Å²) in [6.45, 7) is 1.88. The smallest absolute Gasteiger partial charge is 0.147 e. The van der Waals surface area contributed by atoms with E-state index in [2.05, 4.69) is 9.97 Å². The third-order valence-corrected chi connectivity index (χ3v) is 2.55. The fourth-order valence-electron chi connectivity index (χ4n) is 1.52. The minimum absolute atomic E-state index is 0.155. The van der Waals surface area contributed by atoms with Gasteiger partial charge < -0.3 is 10.8 Å². The zero-order valence-corrected chi connectivity index (χ0v) is 9.67. The minimum atomic E-state index is -0.527. The molecule has 1 atom stereocenters. The van der Waals surface area contributed by atoms with Crippen LogP contribution in [-0.4, -0.2) is 21.7 Å². The van der Waals surface area contributed by atoms with E-state index >= 15 is 0 Å². The lowest BCUT2D eigenvalue weighted by Gasteiger charge is -2.08. The van der Waals surface area contributed by atoms with Crippen LogP contribution in [0.4, 0.5) is 0 Å². The molecule has 1 aromatic carbocycles. The molecule has 0 aliphatic rings. The molecular formula is C13H15N3O. The topological polar surface area (TPSA) is 72.0 Å². The largest absolute Gasteiger partial charge is 0.394 e. The van der Waals surface area contributed by atoms with Gasteiger partial charge in [0.05, 0.1) is 18.3 Å². The van der Waals surface area contributed by atoms with Crippen molar-refractivity contribution in [2.75, 3.05) is 6.61 Å². The number of nitrogens with zero attached hydrogens (tertiary/aromatic N) is 2. The highest BCUT2D eigenvalue weighted by molar-refractivity contribution is 5.58. The van der Waals surface area contributed by atoms with Crippen LogP contribution in [0.3, 0.4) is 0 Å². The Morgan fingerprint density at radius 3 is 2.59 bits per heavy atom. The summed E-state index contributed by atoms with van der Waals surface area (Å²) in [6.07, 6.45) is 1.66. The Morgan fingerprint density at radius 1 is 1.24 bits per heavy atom. The monoisotopic (exact) mass is 229 g/mol. The van der Waals surface area contributed by atoms with E-state index in [1.54, 1.807) is 6.20 Å². The van der Waals surface area contributed by atoms with Gasteiger partial charge in [0.25, 0.3) is 0 Å². The van der Waals surface area contributed by atoms with E-state index < -0.39 is 6.04 Å². The Labute approximate surface area is 100 Å². The van der Waals surface area contributed by atoms with Gasteiger partial charge in [0.2, 0.25) is 0 Å². The number of rotatable bonds is 3. The van der Waals surface area contributed by atoms with E-state index in [-0.39, 0.29) is 6.61 Å². The lowest BCUT2D eigenvalue weighted by molar-refractivity contribution is 0.263. The van der Waals surface area contributed by atoms with Crippen molar-refractivity contribution >= 4 is 0 Å². The second-order valence-electron chi connectivity index (χ2n) is 3.96. The molecule has 4 nitrogen and oxygen atoms in total. The number of aliphatic hydroxyl groups is 1. The molecule has 0 saturated carbocycles. The SMILES string of the molecule is Cc1ccc(-c2ccnc(C(N)CO)n2)cc1. The van der Waals surface area contributed by atoms with Gasteiger partial charge in [-0.3, -0.25) is 0 Å². The molecule has 88 valence electrons. The molecule has 1 heterocycles. The van der Waals surface area contributed by atoms with Crippen LogP contribution < -0.4 is 5.73 Å². The molecular weight excluding hydrogens is 214 g/mol. The van der Waals surface area contributed by atoms with Crippen molar-refractivity contribution in [3.63, 3.8) is 0 Å². The predicted octanol–water partition coefficient (Wildman–Crippen LogP) is 1.44. The second-order valence-corrected chi connectivity index (χ2v) is 3.96. The molecule has 1 aromatic heterocycles. The van der Waals surface area contributed by atoms with Gasteiger partial charge in [0.15, 0.2) is 0 Å². The third-order valence-electron chi connectivity index (χ3n) is 2.55. The van der Waals surface area contributed by atoms with Crippen molar-refractivity contribution < 1.29 is 5.11 Å². The van der Waals surface area contributed by atoms with Crippen LogP contribution in [0.1, 0.15) is 17.4 Å². The highest BCUT2D eigenvalue weighted by Gasteiger charge is 2.08. The third kappa shape index (κ3) is 2.67. The number of nitrogens with two attached hydrogens (primary N) is 1. The lowest BCUT2D eigenvalue weighted by Crippen LogP contribution is -2.17. The minimum Gasteiger partial charge on any atom is -0.394 e. The van der Waals surface area contributed by atoms with Crippen molar-refractivity contribution in [2.45, 2.75) is 13.0 Å². The van der Waals surface area contributed by atoms with Gasteiger partial charge in [-0.1, -0.05) is 29.8 Å². The molecule has 1 unspecified atom stereocenters. The van der Waals surface area contributed by atoms with Gasteiger partial charge in [-0.05, 0) is 13.0 Å². The molecule has 2 aromatic rings. The van der Waals surface area contributed by atoms with E-state index in [0.717, 1.165) is 11.3 Å². The van der Waals surface area contributed by atoms with Crippen molar-refractivity contribution in [2.24, 2.45) is 5.73 Å². The van der Waals surface area contributed by atoms with Gasteiger partial charge in [-0.15, -0.1) is 0 Å². The van der Waals surface area contributed by atoms with Gasteiger partial charge in [0, 0.05) is 11.8 Å². The first-order valence-electron chi connectivity index (χ1n) is 5.47. The molecule has 0 radical (unpaired) electrons. The van der Waals surface area contributed by atoms with Crippen LogP contribution in [-0.2, 0) is 0 Å². The summed E-state index contributed by atoms with van der Waals surface area (Å²) in [4.78, 5) is 8.40. The Morgan fingerprint density at radius 2 is 1.94 bits per heavy atom. The molecule has 0 aliphatic heterocycles. The zero-order chi connectivity index (χ0) is 12.3. The molecule has 0 fully saturated rings. The van der Waals surface area contributed by atoms with Crippen LogP contribution in [0.15, 0.2) is 36.5 Å². The Kier molecular flexibility index (Phi) is 3.46. The average Bonchev–Trinajstić information content (AvgIpc) is 2.39. The first kappa shape index (κ1) is 11.7. The fourth-order valence-corrected chi connectivity index (χ4v) is 1.52. The van der Waals surface area contributed by atoms with Gasteiger partial charge in [-0.2, -0.15) is 0 Å². The van der Waals surface area contributed by atoms with E-state index in [1.165, 1.54) is 5.56 Å². The maximum absolute atomic E-state index is 8.98. The first-order chi connectivity index (χ1) is 8.20. The van der Waals surface area contributed by atoms with E-state index in [4.69, 9.17) is 10.8 Å². The molecule has 0 amide bonds. The maximum Gasteiger partial charge on any atom is 0.147 e. The summed E-state index contributed by atoms with van der Waals surface area (Å²) in [5.41, 5.74) is 8.73. The number of aryl methyl sites for hydroxylation is 1. The molecule has 0 aliphatic carbocycles. The summed E-state index contributed by atoms with van der Waals surface area (Å²) in [6, 6.07) is 9.38. The van der Waals surface area contributed by atoms with Gasteiger partial charge >= 0.3 is 0 Å². The van der Waals surface area contributed by atoms with Crippen LogP contribution in [0.25, 0.3) is 11.3 Å². The van der Waals surface area contributed by atoms with Crippen molar-refractivity contribution in [1.82, 2.24) is 9.97 Å². The number of aromatic nitrogens is 2. The Balaban J connectivity index is 2.36. The quantitative estimate of drug-likeness (QED) is 0.835.